The van der Waals surface area contributed by atoms with Crippen LogP contribution in [-0.4, -0.2) is 216 Å². The van der Waals surface area contributed by atoms with Gasteiger partial charge in [0.1, 0.15) is 54.4 Å². The van der Waals surface area contributed by atoms with Crippen molar-refractivity contribution in [2.75, 3.05) is 18.1 Å². The second-order valence-corrected chi connectivity index (χ2v) is 31.6. The Morgan fingerprint density at radius 1 is 0.574 bits per heavy atom. The number of amides is 12. The van der Waals surface area contributed by atoms with Gasteiger partial charge in [0.05, 0.1) is 25.1 Å². The van der Waals surface area contributed by atoms with E-state index in [1.54, 1.807) is 123 Å². The number of carbonyl (C=O) groups excluding carboxylic acids is 13. The average Bonchev–Trinajstić information content (AvgIpc) is 1.13. The van der Waals surface area contributed by atoms with Gasteiger partial charge in [-0.15, -0.1) is 0 Å². The summed E-state index contributed by atoms with van der Waals surface area (Å²) in [4.78, 5) is 229. The third-order valence-electron chi connectivity index (χ3n) is 17.6. The number of ketones is 1. The summed E-state index contributed by atoms with van der Waals surface area (Å²) < 4.78 is 0. The highest BCUT2D eigenvalue weighted by molar-refractivity contribution is 8.76. The highest BCUT2D eigenvalue weighted by Gasteiger charge is 2.41. The molecular weight excluding hydrogens is 1450 g/mol. The molecule has 1 fully saturated rings. The first-order valence-corrected chi connectivity index (χ1v) is 37.9. The van der Waals surface area contributed by atoms with E-state index in [0.29, 0.717) is 32.9 Å². The Bertz CT molecular complexity index is 3910. The lowest BCUT2D eigenvalue weighted by atomic mass is 9.85. The fraction of sp³-hybridized carbons (Fsp3) is 0.556. The number of aromatic nitrogens is 2. The number of aliphatic carboxylic acids is 3. The van der Waals surface area contributed by atoms with Crippen molar-refractivity contribution in [3.05, 3.63) is 72.1 Å². The Kier molecular flexibility index (Phi) is 33.9. The number of aromatic amines is 2. The molecule has 108 heavy (non-hydrogen) atoms. The molecule has 3 heterocycles. The number of hydrogen-bond acceptors (Lipinski definition) is 19. The van der Waals surface area contributed by atoms with Crippen molar-refractivity contribution >= 4 is 138 Å². The molecule has 0 bridgehead atoms. The highest BCUT2D eigenvalue weighted by Crippen LogP contribution is 2.27. The van der Waals surface area contributed by atoms with Crippen molar-refractivity contribution in [3.63, 3.8) is 0 Å². The zero-order valence-electron chi connectivity index (χ0n) is 62.4. The molecule has 1 aliphatic rings. The topological polar surface area (TPSA) is 530 Å². The van der Waals surface area contributed by atoms with Gasteiger partial charge in [0.15, 0.2) is 11.8 Å². The van der Waals surface area contributed by atoms with Crippen molar-refractivity contribution in [2.45, 2.75) is 207 Å². The summed E-state index contributed by atoms with van der Waals surface area (Å²) in [5, 5.41) is 71.6. The molecule has 2 aromatic heterocycles. The Balaban J connectivity index is 1.66. The number of aliphatic hydroxyl groups is 1. The monoisotopic (exact) mass is 1550 g/mol. The summed E-state index contributed by atoms with van der Waals surface area (Å²) in [7, 11) is 1.52. The van der Waals surface area contributed by atoms with Gasteiger partial charge in [0.2, 0.25) is 70.9 Å². The fourth-order valence-electron chi connectivity index (χ4n) is 11.8. The lowest BCUT2D eigenvalue weighted by Crippen LogP contribution is -2.62. The Labute approximate surface area is 632 Å². The molecule has 18 N–H and O–H groups in total. The van der Waals surface area contributed by atoms with Crippen molar-refractivity contribution in [1.82, 2.24) is 73.8 Å². The van der Waals surface area contributed by atoms with Gasteiger partial charge in [0.25, 0.3) is 0 Å². The van der Waals surface area contributed by atoms with Gasteiger partial charge in [0, 0.05) is 84.2 Å². The van der Waals surface area contributed by atoms with Gasteiger partial charge in [-0.3, -0.25) is 71.9 Å². The molecule has 0 aliphatic carbocycles. The number of carboxylic acids is 3. The van der Waals surface area contributed by atoms with Gasteiger partial charge in [-0.2, -0.15) is 0 Å². The van der Waals surface area contributed by atoms with Crippen molar-refractivity contribution in [3.8, 4) is 0 Å². The summed E-state index contributed by atoms with van der Waals surface area (Å²) in [5.41, 5.74) is 1.10. The molecule has 13 atom stereocenters. The number of rotatable bonds is 21. The molecule has 34 nitrogen and oxygen atoms in total. The quantitative estimate of drug-likeness (QED) is 0.0505. The average molecular weight is 1550 g/mol. The van der Waals surface area contributed by atoms with Crippen LogP contribution in [0.2, 0.25) is 0 Å². The number of carboxylic acid groups (broad SMARTS) is 3. The molecular formula is C72H102N14O20S2. The van der Waals surface area contributed by atoms with Crippen LogP contribution < -0.4 is 63.8 Å². The van der Waals surface area contributed by atoms with E-state index in [2.05, 4.69) is 73.8 Å². The smallest absolute Gasteiger partial charge is 0.328 e. The van der Waals surface area contributed by atoms with E-state index < -0.39 is 228 Å². The lowest BCUT2D eigenvalue weighted by molar-refractivity contribution is -0.145. The molecule has 1 saturated heterocycles. The third-order valence-corrected chi connectivity index (χ3v) is 20.0. The summed E-state index contributed by atoms with van der Waals surface area (Å²) in [6.07, 6.45) is -1.84. The van der Waals surface area contributed by atoms with Crippen LogP contribution in [0.4, 0.5) is 0 Å². The zero-order chi connectivity index (χ0) is 80.6. The molecule has 4 aromatic rings. The lowest BCUT2D eigenvalue weighted by Gasteiger charge is -2.33. The van der Waals surface area contributed by atoms with Crippen molar-refractivity contribution in [1.29, 1.82) is 0 Å². The molecule has 5 rings (SSSR count). The van der Waals surface area contributed by atoms with Crippen LogP contribution in [0.3, 0.4) is 0 Å². The fourth-order valence-corrected chi connectivity index (χ4v) is 14.1. The van der Waals surface area contributed by atoms with Crippen LogP contribution in [0, 0.1) is 29.1 Å². The standard InChI is InChI=1S/C72H102N14O20S2/c1-34(2)23-48-55(89)27-44(36(5)6)62(96)81-50(25-40-29-73-45-19-15-13-17-42(40)45)65(99)84-54(69(103)85-59(38(8)87)71(105)106)33-108-107-32-53(83-66(100)52(28-58(93)94)77-39(9)88)68(102)76-37(7)61(95)80-51(26-41-30-74-46-20-16-14-18-43(41)46)67(101)86-60(72(10,11)12)70(104)82-49(24-35(3)4)63(97)75-31-56(90)78-47(64(98)79-48)21-22-57(91)92/h13-20,29-30,34-38,44,47-54,59-60,73-74,87H,21-28,31-33H2,1-12H3,(H,75,97)(H,76,102)(H,77,88)(H,78,90)(H,79,98)(H,80,95)(H,81,96)(H,82,104)(H,83,100)(H,84,99)(H,85,103)(H,86,101)(H,91,92)(H,93,94)(H,105,106)/t37-,38+,44-,47-,48-,49-,50-,51-,52-,53-,54-,59-,60+/m0/s1. The van der Waals surface area contributed by atoms with E-state index in [-0.39, 0.29) is 37.5 Å². The Morgan fingerprint density at radius 2 is 1.09 bits per heavy atom. The SMILES string of the molecule is CC(=O)N[C@@H](CC(=O)O)C(=O)N[C@H]1CSSC[C@@H](C(=O)N[C@H](C(=O)O)[C@@H](C)O)NC(=O)[C@H](Cc2c[nH]c3ccccc23)NC(=O)[C@H](C(C)C)CC(=O)[C@H](CC(C)C)NC(=O)[C@H](CCC(=O)O)NC(=O)CNC(=O)[C@H](CC(C)C)NC(=O)[C@H](C(C)(C)C)NC(=O)[C@H](Cc2c[nH]c3ccccc23)NC(=O)[C@H](C)NC1=O. The molecule has 12 amide bonds. The van der Waals surface area contributed by atoms with Gasteiger partial charge < -0.3 is 94.2 Å². The minimum absolute atomic E-state index is 0.0242. The molecule has 2 aromatic carbocycles. The van der Waals surface area contributed by atoms with Crippen LogP contribution in [0.5, 0.6) is 0 Å². The molecule has 36 heteroatoms. The minimum Gasteiger partial charge on any atom is -0.481 e. The van der Waals surface area contributed by atoms with E-state index in [4.69, 9.17) is 0 Å². The molecule has 0 radical (unpaired) electrons. The van der Waals surface area contributed by atoms with Gasteiger partial charge in [-0.1, -0.05) is 120 Å². The summed E-state index contributed by atoms with van der Waals surface area (Å²) in [6.45, 7) is 17.5. The largest absolute Gasteiger partial charge is 0.481 e. The number of H-pyrrole nitrogens is 2. The van der Waals surface area contributed by atoms with E-state index in [1.165, 1.54) is 6.92 Å². The second kappa shape index (κ2) is 41.3. The highest BCUT2D eigenvalue weighted by atomic mass is 33.1. The number of aliphatic hydroxyl groups excluding tert-OH is 1. The minimum atomic E-state index is -1.96. The summed E-state index contributed by atoms with van der Waals surface area (Å²) in [5.74, 6) is -20.7. The van der Waals surface area contributed by atoms with Crippen LogP contribution >= 0.6 is 21.6 Å². The van der Waals surface area contributed by atoms with E-state index in [0.717, 1.165) is 35.4 Å². The normalized spacial score (nSPS) is 23.3. The number of benzene rings is 2. The number of fused-ring (bicyclic) bond motifs is 2. The van der Waals surface area contributed by atoms with Gasteiger partial charge in [-0.05, 0) is 79.5 Å². The second-order valence-electron chi connectivity index (χ2n) is 29.1. The maximum Gasteiger partial charge on any atom is 0.328 e. The molecule has 0 spiro atoms. The predicted molar refractivity (Wildman–Crippen MR) is 399 cm³/mol. The number of nitrogens with one attached hydrogen (secondary N) is 14. The Hall–Kier alpha value is -10.1. The van der Waals surface area contributed by atoms with Gasteiger partial charge in [-0.25, -0.2) is 4.79 Å². The molecule has 1 aliphatic heterocycles. The number of para-hydroxylation sites is 2. The molecule has 0 saturated carbocycles. The maximum atomic E-state index is 15.1. The van der Waals surface area contributed by atoms with Crippen LogP contribution in [-0.2, 0) is 89.6 Å². The van der Waals surface area contributed by atoms with Crippen LogP contribution in [0.15, 0.2) is 60.9 Å². The summed E-state index contributed by atoms with van der Waals surface area (Å²) >= 11 is 0. The van der Waals surface area contributed by atoms with Crippen molar-refractivity contribution < 1.29 is 97.1 Å². The Morgan fingerprint density at radius 3 is 1.61 bits per heavy atom. The summed E-state index contributed by atoms with van der Waals surface area (Å²) in [6, 6.07) is -3.92. The van der Waals surface area contributed by atoms with Crippen molar-refractivity contribution in [2.24, 2.45) is 29.1 Å². The van der Waals surface area contributed by atoms with E-state index in [1.807, 2.05) is 0 Å². The number of carbonyl (C=O) groups is 16. The van der Waals surface area contributed by atoms with Gasteiger partial charge >= 0.3 is 17.9 Å². The number of hydrogen-bond donors (Lipinski definition) is 18. The molecule has 0 unspecified atom stereocenters. The number of Topliss-reactive ketones (excluding diaryl/α,β-unsaturated/α-hetero) is 1. The first-order chi connectivity index (χ1) is 50.6. The molecule has 592 valence electrons. The zero-order valence-corrected chi connectivity index (χ0v) is 64.1. The predicted octanol–water partition coefficient (Wildman–Crippen LogP) is 0.493. The first-order valence-electron chi connectivity index (χ1n) is 35.4. The van der Waals surface area contributed by atoms with Crippen LogP contribution in [0.1, 0.15) is 133 Å². The first kappa shape index (κ1) is 88.5. The van der Waals surface area contributed by atoms with E-state index in [9.17, 15) is 92.3 Å². The maximum absolute atomic E-state index is 15.1. The van der Waals surface area contributed by atoms with E-state index >= 15 is 4.79 Å². The van der Waals surface area contributed by atoms with Crippen LogP contribution in [0.25, 0.3) is 21.8 Å². The third kappa shape index (κ3) is 27.6.